The lowest BCUT2D eigenvalue weighted by Crippen LogP contribution is -2.45. The molecule has 0 fully saturated rings. The molecule has 0 saturated heterocycles. The smallest absolute Gasteiger partial charge is 0.338 e. The van der Waals surface area contributed by atoms with Gasteiger partial charge in [-0.2, -0.15) is 0 Å². The van der Waals surface area contributed by atoms with Crippen LogP contribution in [0.4, 0.5) is 8.78 Å². The Kier molecular flexibility index (Phi) is 5.45. The van der Waals surface area contributed by atoms with Gasteiger partial charge in [-0.15, -0.1) is 5.10 Å². The summed E-state index contributed by atoms with van der Waals surface area (Å²) in [5, 5.41) is 14.3. The average molecular weight is 393 g/mol. The van der Waals surface area contributed by atoms with Crippen LogP contribution in [0, 0.1) is 11.6 Å². The van der Waals surface area contributed by atoms with Crippen LogP contribution in [0.1, 0.15) is 31.1 Å². The Morgan fingerprint density at radius 3 is 2.70 bits per heavy atom. The van der Waals surface area contributed by atoms with Crippen molar-refractivity contribution in [2.45, 2.75) is 26.4 Å². The van der Waals surface area contributed by atoms with Crippen LogP contribution in [0.3, 0.4) is 0 Å². The lowest BCUT2D eigenvalue weighted by Gasteiger charge is -2.28. The molecule has 0 amide bonds. The number of hydrogen-bond acceptors (Lipinski definition) is 5. The number of thiocarbonyl (C=S) groups is 1. The van der Waals surface area contributed by atoms with E-state index < -0.39 is 23.6 Å². The summed E-state index contributed by atoms with van der Waals surface area (Å²) in [7, 11) is 0. The van der Waals surface area contributed by atoms with Gasteiger partial charge < -0.3 is 15.4 Å². The van der Waals surface area contributed by atoms with Crippen molar-refractivity contribution in [1.29, 1.82) is 0 Å². The molecule has 1 unspecified atom stereocenters. The van der Waals surface area contributed by atoms with Gasteiger partial charge in [0, 0.05) is 11.8 Å². The van der Waals surface area contributed by atoms with E-state index in [9.17, 15) is 13.6 Å². The normalized spacial score (nSPS) is 16.7. The molecule has 1 aliphatic heterocycles. The summed E-state index contributed by atoms with van der Waals surface area (Å²) in [5.74, 6) is -1.83. The van der Waals surface area contributed by atoms with Gasteiger partial charge in [-0.05, 0) is 43.8 Å². The van der Waals surface area contributed by atoms with Crippen LogP contribution in [0.15, 0.2) is 35.7 Å². The molecule has 0 spiro atoms. The standard InChI is InChI=1S/C17H17F2N5O2S/c1-3-26-16(25)14-9(2)20-17(27)21-15(14)13-8-24(23-22-13)7-10-4-11(18)6-12(19)5-10/h4-6,8,15H,3,7H2,1-2H3,(H2,20,21,27). The molecule has 2 aromatic rings. The summed E-state index contributed by atoms with van der Waals surface area (Å²) in [4.78, 5) is 12.3. The summed E-state index contributed by atoms with van der Waals surface area (Å²) >= 11 is 5.16. The van der Waals surface area contributed by atoms with Crippen LogP contribution in [0.25, 0.3) is 0 Å². The molecule has 3 rings (SSSR count). The third-order valence-corrected chi connectivity index (χ3v) is 4.10. The first-order valence-corrected chi connectivity index (χ1v) is 8.58. The topological polar surface area (TPSA) is 81.1 Å². The van der Waals surface area contributed by atoms with Crippen molar-refractivity contribution >= 4 is 23.3 Å². The number of halogens is 2. The molecule has 1 atom stereocenters. The Morgan fingerprint density at radius 1 is 1.33 bits per heavy atom. The summed E-state index contributed by atoms with van der Waals surface area (Å²) < 4.78 is 33.2. The monoisotopic (exact) mass is 393 g/mol. The molecule has 27 heavy (non-hydrogen) atoms. The van der Waals surface area contributed by atoms with Gasteiger partial charge in [-0.1, -0.05) is 5.21 Å². The second kappa shape index (κ2) is 7.78. The fourth-order valence-corrected chi connectivity index (χ4v) is 3.08. The molecule has 7 nitrogen and oxygen atoms in total. The van der Waals surface area contributed by atoms with Gasteiger partial charge in [0.05, 0.1) is 24.9 Å². The largest absolute Gasteiger partial charge is 0.463 e. The molecule has 0 aliphatic carbocycles. The van der Waals surface area contributed by atoms with E-state index in [-0.39, 0.29) is 13.2 Å². The van der Waals surface area contributed by atoms with E-state index in [1.54, 1.807) is 20.0 Å². The molecule has 142 valence electrons. The van der Waals surface area contributed by atoms with Crippen molar-refractivity contribution in [1.82, 2.24) is 25.6 Å². The molecule has 10 heteroatoms. The third-order valence-electron chi connectivity index (χ3n) is 3.88. The van der Waals surface area contributed by atoms with E-state index in [0.717, 1.165) is 6.07 Å². The van der Waals surface area contributed by atoms with Gasteiger partial charge in [0.25, 0.3) is 0 Å². The second-order valence-electron chi connectivity index (χ2n) is 5.91. The zero-order chi connectivity index (χ0) is 19.6. The van der Waals surface area contributed by atoms with E-state index in [0.29, 0.717) is 27.6 Å². The molecule has 1 aromatic heterocycles. The minimum absolute atomic E-state index is 0.120. The SMILES string of the molecule is CCOC(=O)C1=C(C)NC(=S)NC1c1cn(Cc2cc(F)cc(F)c2)nn1. The number of allylic oxidation sites excluding steroid dienone is 1. The first-order chi connectivity index (χ1) is 12.9. The van der Waals surface area contributed by atoms with Gasteiger partial charge in [-0.25, -0.2) is 18.3 Å². The second-order valence-corrected chi connectivity index (χ2v) is 6.32. The van der Waals surface area contributed by atoms with E-state index in [4.69, 9.17) is 17.0 Å². The Bertz CT molecular complexity index is 908. The van der Waals surface area contributed by atoms with Gasteiger partial charge in [0.2, 0.25) is 0 Å². The Morgan fingerprint density at radius 2 is 2.04 bits per heavy atom. The highest BCUT2D eigenvalue weighted by atomic mass is 32.1. The van der Waals surface area contributed by atoms with Gasteiger partial charge in [0.15, 0.2) is 5.11 Å². The summed E-state index contributed by atoms with van der Waals surface area (Å²) in [6, 6.07) is 2.60. The number of carbonyl (C=O) groups excluding carboxylic acids is 1. The molecule has 1 aliphatic rings. The van der Waals surface area contributed by atoms with E-state index in [1.807, 2.05) is 0 Å². The average Bonchev–Trinajstić information content (AvgIpc) is 3.01. The molecule has 0 radical (unpaired) electrons. The van der Waals surface area contributed by atoms with Crippen LogP contribution >= 0.6 is 12.2 Å². The predicted molar refractivity (Wildman–Crippen MR) is 96.4 cm³/mol. The van der Waals surface area contributed by atoms with Crippen LogP contribution in [0.5, 0.6) is 0 Å². The number of ether oxygens (including phenoxy) is 1. The molecule has 0 bridgehead atoms. The third kappa shape index (κ3) is 4.27. The molecular formula is C17H17F2N5O2S. The first kappa shape index (κ1) is 18.9. The highest BCUT2D eigenvalue weighted by Gasteiger charge is 2.32. The lowest BCUT2D eigenvalue weighted by molar-refractivity contribution is -0.139. The van der Waals surface area contributed by atoms with Crippen LogP contribution in [0.2, 0.25) is 0 Å². The van der Waals surface area contributed by atoms with E-state index in [2.05, 4.69) is 20.9 Å². The summed E-state index contributed by atoms with van der Waals surface area (Å²) in [6.45, 7) is 3.77. The highest BCUT2D eigenvalue weighted by molar-refractivity contribution is 7.80. The molecule has 1 aromatic carbocycles. The fraction of sp³-hybridized carbons (Fsp3) is 0.294. The van der Waals surface area contributed by atoms with Crippen molar-refractivity contribution < 1.29 is 18.3 Å². The number of aromatic nitrogens is 3. The summed E-state index contributed by atoms with van der Waals surface area (Å²) in [6.07, 6.45) is 1.58. The van der Waals surface area contributed by atoms with E-state index >= 15 is 0 Å². The van der Waals surface area contributed by atoms with Crippen molar-refractivity contribution in [2.24, 2.45) is 0 Å². The first-order valence-electron chi connectivity index (χ1n) is 8.17. The number of benzene rings is 1. The maximum Gasteiger partial charge on any atom is 0.338 e. The van der Waals surface area contributed by atoms with Crippen LogP contribution in [-0.4, -0.2) is 32.7 Å². The Labute approximate surface area is 159 Å². The van der Waals surface area contributed by atoms with E-state index in [1.165, 1.54) is 16.8 Å². The Balaban J connectivity index is 1.88. The molecule has 2 N–H and O–H groups in total. The van der Waals surface area contributed by atoms with Crippen LogP contribution < -0.4 is 10.6 Å². The maximum absolute atomic E-state index is 13.4. The molecule has 2 heterocycles. The minimum Gasteiger partial charge on any atom is -0.463 e. The number of carbonyl (C=O) groups is 1. The zero-order valence-corrected chi connectivity index (χ0v) is 15.4. The van der Waals surface area contributed by atoms with Crippen molar-refractivity contribution in [3.63, 3.8) is 0 Å². The fourth-order valence-electron chi connectivity index (χ4n) is 2.81. The van der Waals surface area contributed by atoms with Gasteiger partial charge in [-0.3, -0.25) is 0 Å². The van der Waals surface area contributed by atoms with Gasteiger partial charge >= 0.3 is 5.97 Å². The number of nitrogens with one attached hydrogen (secondary N) is 2. The van der Waals surface area contributed by atoms with Crippen molar-refractivity contribution in [2.75, 3.05) is 6.61 Å². The molecular weight excluding hydrogens is 376 g/mol. The number of rotatable bonds is 5. The van der Waals surface area contributed by atoms with Crippen LogP contribution in [-0.2, 0) is 16.1 Å². The quantitative estimate of drug-likeness (QED) is 0.594. The van der Waals surface area contributed by atoms with Crippen molar-refractivity contribution in [3.8, 4) is 0 Å². The number of esters is 1. The van der Waals surface area contributed by atoms with Crippen molar-refractivity contribution in [3.05, 3.63) is 58.6 Å². The molecule has 0 saturated carbocycles. The van der Waals surface area contributed by atoms with Gasteiger partial charge in [0.1, 0.15) is 23.4 Å². The Hall–Kier alpha value is -2.88. The summed E-state index contributed by atoms with van der Waals surface area (Å²) in [5.41, 5.74) is 1.73. The highest BCUT2D eigenvalue weighted by Crippen LogP contribution is 2.26. The zero-order valence-electron chi connectivity index (χ0n) is 14.6. The number of hydrogen-bond donors (Lipinski definition) is 2. The maximum atomic E-state index is 13.4. The lowest BCUT2D eigenvalue weighted by atomic mass is 10.0. The predicted octanol–water partition coefficient (Wildman–Crippen LogP) is 1.96. The minimum atomic E-state index is -0.668. The number of nitrogens with zero attached hydrogens (tertiary/aromatic N) is 3.